The molecule has 2 aliphatic rings. The maximum Gasteiger partial charge on any atom is 0.246 e. The second-order valence-corrected chi connectivity index (χ2v) is 6.64. The molecule has 19 heavy (non-hydrogen) atoms. The lowest BCUT2D eigenvalue weighted by atomic mass is 10.1. The van der Waals surface area contributed by atoms with Crippen molar-refractivity contribution in [2.75, 3.05) is 6.54 Å². The van der Waals surface area contributed by atoms with Gasteiger partial charge >= 0.3 is 0 Å². The number of sulfonamides is 1. The number of halogens is 1. The molecule has 2 atom stereocenters. The molecule has 0 bridgehead atoms. The minimum absolute atomic E-state index is 0.144. The Balaban J connectivity index is 1.98. The standard InChI is InChI=1S/C12H13FN2O3S/c13-8-3-1-2-4-11(8)19(17,18)15-6-5-9-10(15)7-12(16)14-9/h1-4,9-10H,5-7H2,(H,14,16)/t9-,10-/m0/s1. The fourth-order valence-electron chi connectivity index (χ4n) is 2.77. The molecule has 0 radical (unpaired) electrons. The first-order valence-electron chi connectivity index (χ1n) is 6.06. The van der Waals surface area contributed by atoms with E-state index < -0.39 is 21.9 Å². The molecule has 1 aromatic carbocycles. The van der Waals surface area contributed by atoms with Crippen LogP contribution in [0.4, 0.5) is 4.39 Å². The zero-order valence-corrected chi connectivity index (χ0v) is 10.9. The van der Waals surface area contributed by atoms with Crippen LogP contribution in [0.3, 0.4) is 0 Å². The Hall–Kier alpha value is -1.47. The molecule has 1 N–H and O–H groups in total. The molecule has 1 amide bonds. The van der Waals surface area contributed by atoms with Crippen LogP contribution in [0, 0.1) is 5.82 Å². The number of fused-ring (bicyclic) bond motifs is 1. The Bertz CT molecular complexity index is 632. The quantitative estimate of drug-likeness (QED) is 0.859. The highest BCUT2D eigenvalue weighted by Crippen LogP contribution is 2.31. The van der Waals surface area contributed by atoms with Crippen LogP contribution in [0.25, 0.3) is 0 Å². The lowest BCUT2D eigenvalue weighted by Gasteiger charge is -2.22. The van der Waals surface area contributed by atoms with Crippen molar-refractivity contribution < 1.29 is 17.6 Å². The Labute approximate surface area is 110 Å². The maximum absolute atomic E-state index is 13.7. The topological polar surface area (TPSA) is 66.5 Å². The van der Waals surface area contributed by atoms with Crippen molar-refractivity contribution in [3.05, 3.63) is 30.1 Å². The van der Waals surface area contributed by atoms with E-state index >= 15 is 0 Å². The predicted octanol–water partition coefficient (Wildman–Crippen LogP) is 0.477. The summed E-state index contributed by atoms with van der Waals surface area (Å²) in [6.07, 6.45) is 0.725. The summed E-state index contributed by atoms with van der Waals surface area (Å²) in [5.41, 5.74) is 0. The Kier molecular flexibility index (Phi) is 2.83. The Morgan fingerprint density at radius 2 is 2.05 bits per heavy atom. The highest BCUT2D eigenvalue weighted by atomic mass is 32.2. The number of nitrogens with zero attached hydrogens (tertiary/aromatic N) is 1. The van der Waals surface area contributed by atoms with Crippen molar-refractivity contribution in [1.29, 1.82) is 0 Å². The lowest BCUT2D eigenvalue weighted by Crippen LogP contribution is -2.38. The number of nitrogens with one attached hydrogen (secondary N) is 1. The van der Waals surface area contributed by atoms with Crippen molar-refractivity contribution in [2.45, 2.75) is 29.8 Å². The largest absolute Gasteiger partial charge is 0.352 e. The Morgan fingerprint density at radius 1 is 1.32 bits per heavy atom. The van der Waals surface area contributed by atoms with Gasteiger partial charge in [-0.3, -0.25) is 4.79 Å². The summed E-state index contributed by atoms with van der Waals surface area (Å²) >= 11 is 0. The summed E-state index contributed by atoms with van der Waals surface area (Å²) in [4.78, 5) is 11.0. The van der Waals surface area contributed by atoms with E-state index in [4.69, 9.17) is 0 Å². The predicted molar refractivity (Wildman–Crippen MR) is 65.2 cm³/mol. The van der Waals surface area contributed by atoms with Gasteiger partial charge in [0.25, 0.3) is 0 Å². The summed E-state index contributed by atoms with van der Waals surface area (Å²) in [5.74, 6) is -0.910. The third-order valence-corrected chi connectivity index (χ3v) is 5.62. The van der Waals surface area contributed by atoms with Crippen molar-refractivity contribution in [3.8, 4) is 0 Å². The first-order chi connectivity index (χ1) is 9.00. The van der Waals surface area contributed by atoms with Crippen LogP contribution in [-0.4, -0.2) is 37.3 Å². The number of rotatable bonds is 2. The van der Waals surface area contributed by atoms with Gasteiger partial charge in [-0.2, -0.15) is 4.31 Å². The number of hydrogen-bond acceptors (Lipinski definition) is 3. The number of amides is 1. The van der Waals surface area contributed by atoms with Gasteiger partial charge in [0.2, 0.25) is 15.9 Å². The van der Waals surface area contributed by atoms with Crippen LogP contribution >= 0.6 is 0 Å². The van der Waals surface area contributed by atoms with Gasteiger partial charge < -0.3 is 5.32 Å². The van der Waals surface area contributed by atoms with E-state index in [1.807, 2.05) is 0 Å². The maximum atomic E-state index is 13.7. The van der Waals surface area contributed by atoms with Gasteiger partial charge in [-0.15, -0.1) is 0 Å². The zero-order chi connectivity index (χ0) is 13.6. The van der Waals surface area contributed by atoms with Crippen LogP contribution in [0.1, 0.15) is 12.8 Å². The Morgan fingerprint density at radius 3 is 2.79 bits per heavy atom. The molecule has 0 aliphatic carbocycles. The third kappa shape index (κ3) is 1.93. The zero-order valence-electron chi connectivity index (χ0n) is 10.0. The average Bonchev–Trinajstić information content (AvgIpc) is 2.87. The van der Waals surface area contributed by atoms with Crippen LogP contribution in [0.2, 0.25) is 0 Å². The van der Waals surface area contributed by atoms with E-state index in [9.17, 15) is 17.6 Å². The lowest BCUT2D eigenvalue weighted by molar-refractivity contribution is -0.119. The molecule has 5 nitrogen and oxygen atoms in total. The van der Waals surface area contributed by atoms with E-state index in [0.29, 0.717) is 13.0 Å². The van der Waals surface area contributed by atoms with Crippen LogP contribution in [0.15, 0.2) is 29.2 Å². The van der Waals surface area contributed by atoms with Gasteiger partial charge in [-0.1, -0.05) is 12.1 Å². The molecule has 7 heteroatoms. The average molecular weight is 284 g/mol. The number of hydrogen-bond donors (Lipinski definition) is 1. The normalized spacial score (nSPS) is 27.3. The van der Waals surface area contributed by atoms with Gasteiger partial charge in [0.05, 0.1) is 6.04 Å². The summed E-state index contributed by atoms with van der Waals surface area (Å²) in [5, 5.41) is 2.75. The first-order valence-corrected chi connectivity index (χ1v) is 7.50. The summed E-state index contributed by atoms with van der Waals surface area (Å²) in [6, 6.07) is 4.77. The molecule has 3 rings (SSSR count). The van der Waals surface area contributed by atoms with E-state index in [0.717, 1.165) is 6.07 Å². The molecule has 0 saturated carbocycles. The van der Waals surface area contributed by atoms with Crippen molar-refractivity contribution in [1.82, 2.24) is 9.62 Å². The molecule has 2 saturated heterocycles. The molecule has 0 aromatic heterocycles. The molecular formula is C12H13FN2O3S. The minimum atomic E-state index is -3.88. The van der Waals surface area contributed by atoms with E-state index in [1.54, 1.807) is 0 Å². The van der Waals surface area contributed by atoms with E-state index in [1.165, 1.54) is 22.5 Å². The molecule has 102 valence electrons. The molecule has 0 unspecified atom stereocenters. The first kappa shape index (κ1) is 12.6. The summed E-state index contributed by atoms with van der Waals surface area (Å²) in [6.45, 7) is 0.312. The van der Waals surface area contributed by atoms with Gasteiger partial charge in [0.15, 0.2) is 0 Å². The molecule has 1 aromatic rings. The van der Waals surface area contributed by atoms with E-state index in [-0.39, 0.29) is 23.3 Å². The second kappa shape index (κ2) is 4.28. The monoisotopic (exact) mass is 284 g/mol. The van der Waals surface area contributed by atoms with Gasteiger partial charge in [0.1, 0.15) is 10.7 Å². The minimum Gasteiger partial charge on any atom is -0.352 e. The van der Waals surface area contributed by atoms with Crippen molar-refractivity contribution in [3.63, 3.8) is 0 Å². The van der Waals surface area contributed by atoms with Crippen molar-refractivity contribution in [2.24, 2.45) is 0 Å². The molecule has 2 aliphatic heterocycles. The van der Waals surface area contributed by atoms with Gasteiger partial charge in [0, 0.05) is 19.0 Å². The number of benzene rings is 1. The SMILES string of the molecule is O=C1C[C@H]2[C@H](CCN2S(=O)(=O)c2ccccc2F)N1. The highest BCUT2D eigenvalue weighted by molar-refractivity contribution is 7.89. The van der Waals surface area contributed by atoms with E-state index in [2.05, 4.69) is 5.32 Å². The fraction of sp³-hybridized carbons (Fsp3) is 0.417. The molecule has 2 heterocycles. The molecule has 0 spiro atoms. The second-order valence-electron chi connectivity index (χ2n) is 4.78. The van der Waals surface area contributed by atoms with Crippen LogP contribution in [-0.2, 0) is 14.8 Å². The van der Waals surface area contributed by atoms with Crippen LogP contribution in [0.5, 0.6) is 0 Å². The summed E-state index contributed by atoms with van der Waals surface area (Å²) in [7, 11) is -3.88. The fourth-order valence-corrected chi connectivity index (χ4v) is 4.51. The highest BCUT2D eigenvalue weighted by Gasteiger charge is 2.47. The molecule has 2 fully saturated rings. The summed E-state index contributed by atoms with van der Waals surface area (Å²) < 4.78 is 39.8. The smallest absolute Gasteiger partial charge is 0.246 e. The number of carbonyl (C=O) groups excluding carboxylic acids is 1. The van der Waals surface area contributed by atoms with Gasteiger partial charge in [-0.25, -0.2) is 12.8 Å². The van der Waals surface area contributed by atoms with Crippen molar-refractivity contribution >= 4 is 15.9 Å². The third-order valence-electron chi connectivity index (χ3n) is 3.66. The van der Waals surface area contributed by atoms with Gasteiger partial charge in [-0.05, 0) is 18.6 Å². The number of carbonyl (C=O) groups is 1. The molecular weight excluding hydrogens is 271 g/mol. The van der Waals surface area contributed by atoms with Crippen LogP contribution < -0.4 is 5.32 Å².